The molecule has 190 valence electrons. The van der Waals surface area contributed by atoms with Gasteiger partial charge in [0.1, 0.15) is 0 Å². The van der Waals surface area contributed by atoms with Crippen molar-refractivity contribution in [3.05, 3.63) is 95.1 Å². The van der Waals surface area contributed by atoms with Crippen LogP contribution in [0.3, 0.4) is 0 Å². The van der Waals surface area contributed by atoms with Gasteiger partial charge in [-0.3, -0.25) is 0 Å². The molecule has 0 amide bonds. The topological polar surface area (TPSA) is 17.1 Å². The van der Waals surface area contributed by atoms with Gasteiger partial charge in [0, 0.05) is 29.4 Å². The average Bonchev–Trinajstić information content (AvgIpc) is 2.83. The van der Waals surface area contributed by atoms with Crippen LogP contribution in [0.5, 0.6) is 0 Å². The first-order valence-corrected chi connectivity index (χ1v) is 13.5. The molecule has 0 aliphatic carbocycles. The Morgan fingerprint density at radius 3 is 0.892 bits per heavy atom. The summed E-state index contributed by atoms with van der Waals surface area (Å²) >= 11 is 3.11. The molecule has 0 atom stereocenters. The Balaban J connectivity index is 0.000000152. The van der Waals surface area contributed by atoms with E-state index < -0.39 is 57.3 Å². The van der Waals surface area contributed by atoms with Crippen LogP contribution in [-0.4, -0.2) is 4.21 Å². The lowest BCUT2D eigenvalue weighted by Gasteiger charge is -2.18. The molecule has 0 aromatic heterocycles. The molecule has 4 aromatic carbocycles. The zero-order valence-electron chi connectivity index (χ0n) is 17.7. The maximum absolute atomic E-state index is 13.1. The minimum Gasteiger partial charge on any atom is -0.249 e. The fraction of sp³-hybridized carbons (Fsp3) is 0. The van der Waals surface area contributed by atoms with Crippen LogP contribution in [-0.2, 0) is 10.8 Å². The third kappa shape index (κ3) is 5.01. The van der Waals surface area contributed by atoms with Crippen LogP contribution in [0.4, 0.5) is 35.1 Å². The summed E-state index contributed by atoms with van der Waals surface area (Å²) in [7, 11) is -1.86. The highest BCUT2D eigenvalue weighted by molar-refractivity contribution is 8.05. The molecule has 0 saturated heterocycles. The monoisotopic (exact) mass is 592 g/mol. The first-order valence-electron chi connectivity index (χ1n) is 9.93. The van der Waals surface area contributed by atoms with Gasteiger partial charge in [-0.15, -0.1) is 0 Å². The van der Waals surface area contributed by atoms with E-state index in [4.69, 9.17) is 0 Å². The van der Waals surface area contributed by atoms with Gasteiger partial charge in [-0.2, -0.15) is 0 Å². The minimum atomic E-state index is -1.86. The zero-order chi connectivity index (χ0) is 26.6. The van der Waals surface area contributed by atoms with Crippen molar-refractivity contribution in [2.75, 3.05) is 0 Å². The molecule has 2 aliphatic rings. The molecule has 0 unspecified atom stereocenters. The Labute approximate surface area is 219 Å². The highest BCUT2D eigenvalue weighted by atomic mass is 32.2. The number of rotatable bonds is 0. The van der Waals surface area contributed by atoms with Crippen LogP contribution in [0.15, 0.2) is 87.7 Å². The van der Waals surface area contributed by atoms with E-state index in [9.17, 15) is 39.3 Å². The van der Waals surface area contributed by atoms with Crippen LogP contribution in [0.25, 0.3) is 0 Å². The van der Waals surface area contributed by atoms with E-state index in [1.165, 1.54) is 0 Å². The van der Waals surface area contributed by atoms with Gasteiger partial charge in [0.2, 0.25) is 0 Å². The van der Waals surface area contributed by atoms with Gasteiger partial charge in [-0.25, -0.2) is 39.3 Å². The van der Waals surface area contributed by atoms with Gasteiger partial charge in [-0.05, 0) is 48.5 Å². The largest absolute Gasteiger partial charge is 0.249 e. The Kier molecular flexibility index (Phi) is 7.07. The molecule has 2 heterocycles. The molecule has 1 nitrogen and oxygen atoms in total. The second-order valence-corrected chi connectivity index (χ2v) is 12.1. The summed E-state index contributed by atoms with van der Waals surface area (Å²) in [6, 6.07) is 7.68. The quantitative estimate of drug-likeness (QED) is 0.164. The number of fused-ring (bicyclic) bond motifs is 4. The fourth-order valence-electron chi connectivity index (χ4n) is 3.28. The van der Waals surface area contributed by atoms with E-state index in [2.05, 4.69) is 0 Å². The van der Waals surface area contributed by atoms with Crippen molar-refractivity contribution in [1.82, 2.24) is 0 Å². The van der Waals surface area contributed by atoms with E-state index in [0.29, 0.717) is 19.6 Å². The SMILES string of the molecule is Fc1cc2c(cc1F)Sc1cc(F)c(F)cc1S2.O=S1c2cc(F)c(F)cc2Sc2cc(F)c(F)cc21. The number of hydrogen-bond donors (Lipinski definition) is 0. The third-order valence-corrected chi connectivity index (χ3v) is 10.3. The zero-order valence-corrected chi connectivity index (χ0v) is 20.9. The van der Waals surface area contributed by atoms with Crippen molar-refractivity contribution in [2.24, 2.45) is 0 Å². The summed E-state index contributed by atoms with van der Waals surface area (Å²) in [5.41, 5.74) is 0. The molecule has 0 spiro atoms. The van der Waals surface area contributed by atoms with E-state index in [1.54, 1.807) is 0 Å². The van der Waals surface area contributed by atoms with Crippen molar-refractivity contribution in [3.8, 4) is 0 Å². The van der Waals surface area contributed by atoms with Crippen molar-refractivity contribution < 1.29 is 39.3 Å². The molecule has 2 aliphatic heterocycles. The van der Waals surface area contributed by atoms with Gasteiger partial charge in [0.05, 0.1) is 20.6 Å². The minimum absolute atomic E-state index is 0.0578. The Morgan fingerprint density at radius 1 is 0.378 bits per heavy atom. The van der Waals surface area contributed by atoms with Crippen LogP contribution < -0.4 is 0 Å². The van der Waals surface area contributed by atoms with Gasteiger partial charge >= 0.3 is 0 Å². The molecule has 4 aromatic rings. The smallest absolute Gasteiger partial charge is 0.160 e. The van der Waals surface area contributed by atoms with Gasteiger partial charge < -0.3 is 0 Å². The highest BCUT2D eigenvalue weighted by Gasteiger charge is 2.27. The van der Waals surface area contributed by atoms with Crippen molar-refractivity contribution in [2.45, 2.75) is 39.2 Å². The second kappa shape index (κ2) is 10.0. The molecular formula is C24H8F8OS4. The summed E-state index contributed by atoms with van der Waals surface area (Å²) in [6.45, 7) is 0. The van der Waals surface area contributed by atoms with Crippen molar-refractivity contribution >= 4 is 46.1 Å². The molecule has 0 N–H and O–H groups in total. The lowest BCUT2D eigenvalue weighted by Crippen LogP contribution is -2.05. The fourth-order valence-corrected chi connectivity index (χ4v) is 8.27. The summed E-state index contributed by atoms with van der Waals surface area (Å²) in [6.07, 6.45) is 0. The molecule has 0 saturated carbocycles. The predicted molar refractivity (Wildman–Crippen MR) is 122 cm³/mol. The molecule has 37 heavy (non-hydrogen) atoms. The Bertz CT molecular complexity index is 1450. The first-order chi connectivity index (χ1) is 17.5. The highest BCUT2D eigenvalue weighted by Crippen LogP contribution is 2.49. The van der Waals surface area contributed by atoms with Crippen LogP contribution in [0.2, 0.25) is 0 Å². The van der Waals surface area contributed by atoms with E-state index in [0.717, 1.165) is 83.8 Å². The van der Waals surface area contributed by atoms with E-state index >= 15 is 0 Å². The standard InChI is InChI=1S/C12H4F4OS2.C12H4F4S2/c13-5-1-9-11(3-7(5)15)19(17)12-4-8(16)6(14)2-10(12)18-9;13-5-1-9-10(2-6(5)14)18-12-4-8(16)7(15)3-11(12)17-9/h1-4H;1-4H. The van der Waals surface area contributed by atoms with E-state index in [-0.39, 0.29) is 19.6 Å². The number of hydrogen-bond acceptors (Lipinski definition) is 4. The lowest BCUT2D eigenvalue weighted by molar-refractivity contribution is 0.498. The maximum atomic E-state index is 13.1. The third-order valence-electron chi connectivity index (χ3n) is 5.01. The molecule has 6 rings (SSSR count). The predicted octanol–water partition coefficient (Wildman–Crippen LogP) is 8.73. The van der Waals surface area contributed by atoms with Crippen LogP contribution in [0, 0.1) is 46.5 Å². The molecule has 0 bridgehead atoms. The summed E-state index contributed by atoms with van der Waals surface area (Å²) in [5.74, 6) is -8.21. The Morgan fingerprint density at radius 2 is 0.595 bits per heavy atom. The summed E-state index contributed by atoms with van der Waals surface area (Å²) in [4.78, 5) is 2.57. The number of halogens is 8. The summed E-state index contributed by atoms with van der Waals surface area (Å²) in [5, 5.41) is 0. The average molecular weight is 593 g/mol. The van der Waals surface area contributed by atoms with Gasteiger partial charge in [0.25, 0.3) is 0 Å². The van der Waals surface area contributed by atoms with Crippen molar-refractivity contribution in [3.63, 3.8) is 0 Å². The molecule has 0 fully saturated rings. The van der Waals surface area contributed by atoms with E-state index in [1.807, 2.05) is 0 Å². The maximum Gasteiger partial charge on any atom is 0.160 e. The summed E-state index contributed by atoms with van der Waals surface area (Å²) < 4.78 is 117. The first kappa shape index (κ1) is 26.1. The molecular weight excluding hydrogens is 585 g/mol. The van der Waals surface area contributed by atoms with Crippen molar-refractivity contribution in [1.29, 1.82) is 0 Å². The number of benzene rings is 4. The van der Waals surface area contributed by atoms with Crippen LogP contribution >= 0.6 is 35.3 Å². The van der Waals surface area contributed by atoms with Gasteiger partial charge in [-0.1, -0.05) is 35.3 Å². The molecule has 13 heteroatoms. The van der Waals surface area contributed by atoms with Crippen LogP contribution in [0.1, 0.15) is 0 Å². The Hall–Kier alpha value is -2.48. The normalized spacial score (nSPS) is 13.6. The van der Waals surface area contributed by atoms with Gasteiger partial charge in [0.15, 0.2) is 46.5 Å². The molecule has 0 radical (unpaired) electrons. The second-order valence-electron chi connectivity index (χ2n) is 7.43. The lowest BCUT2D eigenvalue weighted by atomic mass is 10.3.